The van der Waals surface area contributed by atoms with E-state index in [-0.39, 0.29) is 12.8 Å². The standard InChI is InChI=1S/C22H38O10/c23-15(24)13-11-9-7-5-3-1-2-4-6-8-10-12-14-16(25)31-22-19(28)17(26)18(27)20(32-22)21(29)30/h17-20,22,26-28H,1-14H2,(H,23,24)(H,29,30)/t17-,18-,19+,20-,22+/m0/s1. The van der Waals surface area contributed by atoms with Gasteiger partial charge in [0.25, 0.3) is 0 Å². The molecule has 186 valence electrons. The number of unbranched alkanes of at least 4 members (excludes halogenated alkanes) is 11. The number of carboxylic acid groups (broad SMARTS) is 2. The molecule has 5 atom stereocenters. The molecule has 1 heterocycles. The third-order valence-electron chi connectivity index (χ3n) is 5.58. The predicted octanol–water partition coefficient (Wildman–Crippen LogP) is 1.97. The first-order chi connectivity index (χ1) is 15.2. The van der Waals surface area contributed by atoms with Crippen LogP contribution in [0.15, 0.2) is 0 Å². The summed E-state index contributed by atoms with van der Waals surface area (Å²) >= 11 is 0. The highest BCUT2D eigenvalue weighted by atomic mass is 16.7. The Morgan fingerprint density at radius 3 is 1.50 bits per heavy atom. The van der Waals surface area contributed by atoms with E-state index in [1.54, 1.807) is 0 Å². The molecule has 5 N–H and O–H groups in total. The average Bonchev–Trinajstić information content (AvgIpc) is 2.73. The minimum Gasteiger partial charge on any atom is -0.481 e. The number of carbonyl (C=O) groups excluding carboxylic acids is 1. The van der Waals surface area contributed by atoms with E-state index in [0.29, 0.717) is 6.42 Å². The molecule has 0 aromatic rings. The molecule has 0 aromatic heterocycles. The van der Waals surface area contributed by atoms with Gasteiger partial charge in [-0.15, -0.1) is 0 Å². The third kappa shape index (κ3) is 11.2. The van der Waals surface area contributed by atoms with Crippen molar-refractivity contribution < 1.29 is 49.4 Å². The van der Waals surface area contributed by atoms with Crippen LogP contribution in [0, 0.1) is 0 Å². The number of aliphatic hydroxyl groups excluding tert-OH is 3. The molecule has 0 aliphatic carbocycles. The van der Waals surface area contributed by atoms with Crippen LogP contribution >= 0.6 is 0 Å². The topological polar surface area (TPSA) is 171 Å². The van der Waals surface area contributed by atoms with Gasteiger partial charge >= 0.3 is 17.9 Å². The summed E-state index contributed by atoms with van der Waals surface area (Å²) in [5.74, 6) is -2.92. The van der Waals surface area contributed by atoms with Gasteiger partial charge in [0.05, 0.1) is 0 Å². The van der Waals surface area contributed by atoms with Gasteiger partial charge < -0.3 is 35.0 Å². The van der Waals surface area contributed by atoms with Crippen molar-refractivity contribution in [3.05, 3.63) is 0 Å². The van der Waals surface area contributed by atoms with Gasteiger partial charge in [0.1, 0.15) is 18.3 Å². The largest absolute Gasteiger partial charge is 0.481 e. The van der Waals surface area contributed by atoms with Crippen molar-refractivity contribution in [3.63, 3.8) is 0 Å². The van der Waals surface area contributed by atoms with Crippen molar-refractivity contribution >= 4 is 17.9 Å². The van der Waals surface area contributed by atoms with Gasteiger partial charge in [0, 0.05) is 12.8 Å². The van der Waals surface area contributed by atoms with E-state index < -0.39 is 48.6 Å². The normalized spacial score (nSPS) is 25.4. The second-order valence-electron chi connectivity index (χ2n) is 8.36. The zero-order chi connectivity index (χ0) is 23.9. The van der Waals surface area contributed by atoms with Crippen LogP contribution < -0.4 is 0 Å². The molecule has 0 saturated carbocycles. The maximum Gasteiger partial charge on any atom is 0.335 e. The van der Waals surface area contributed by atoms with Crippen LogP contribution in [-0.2, 0) is 23.9 Å². The number of aliphatic hydroxyl groups is 3. The van der Waals surface area contributed by atoms with Crippen molar-refractivity contribution in [2.24, 2.45) is 0 Å². The molecule has 0 amide bonds. The summed E-state index contributed by atoms with van der Waals surface area (Å²) in [4.78, 5) is 33.4. The second kappa shape index (κ2) is 16.0. The Balaban J connectivity index is 2.01. The first-order valence-electron chi connectivity index (χ1n) is 11.6. The minimum absolute atomic E-state index is 0.0881. The van der Waals surface area contributed by atoms with Crippen LogP contribution in [0.3, 0.4) is 0 Å². The molecule has 1 aliphatic heterocycles. The summed E-state index contributed by atoms with van der Waals surface area (Å²) in [6, 6.07) is 0. The van der Waals surface area contributed by atoms with E-state index in [4.69, 9.17) is 19.7 Å². The molecule has 1 rings (SSSR count). The zero-order valence-electron chi connectivity index (χ0n) is 18.6. The number of carboxylic acids is 2. The molecule has 32 heavy (non-hydrogen) atoms. The first-order valence-corrected chi connectivity index (χ1v) is 11.6. The predicted molar refractivity (Wildman–Crippen MR) is 113 cm³/mol. The van der Waals surface area contributed by atoms with Gasteiger partial charge in [0.15, 0.2) is 6.10 Å². The van der Waals surface area contributed by atoms with Gasteiger partial charge in [-0.3, -0.25) is 9.59 Å². The van der Waals surface area contributed by atoms with Gasteiger partial charge in [-0.05, 0) is 12.8 Å². The van der Waals surface area contributed by atoms with E-state index in [2.05, 4.69) is 0 Å². The lowest BCUT2D eigenvalue weighted by Crippen LogP contribution is -2.60. The Bertz CT molecular complexity index is 567. The number of hydrogen-bond donors (Lipinski definition) is 5. The highest BCUT2D eigenvalue weighted by Crippen LogP contribution is 2.23. The molecular weight excluding hydrogens is 424 g/mol. The fraction of sp³-hybridized carbons (Fsp3) is 0.864. The maximum atomic E-state index is 11.9. The van der Waals surface area contributed by atoms with Crippen LogP contribution in [0.1, 0.15) is 89.9 Å². The van der Waals surface area contributed by atoms with Crippen molar-refractivity contribution in [1.82, 2.24) is 0 Å². The Morgan fingerprint density at radius 2 is 1.06 bits per heavy atom. The number of hydrogen-bond acceptors (Lipinski definition) is 8. The molecule has 0 bridgehead atoms. The van der Waals surface area contributed by atoms with Gasteiger partial charge in [-0.1, -0.05) is 64.2 Å². The van der Waals surface area contributed by atoms with Gasteiger partial charge in [0.2, 0.25) is 6.29 Å². The number of carbonyl (C=O) groups is 3. The first kappa shape index (κ1) is 28.3. The molecule has 0 unspecified atom stereocenters. The Labute approximate surface area is 188 Å². The molecule has 1 aliphatic rings. The van der Waals surface area contributed by atoms with Crippen LogP contribution in [0.5, 0.6) is 0 Å². The summed E-state index contributed by atoms with van der Waals surface area (Å²) in [5, 5.41) is 46.7. The summed E-state index contributed by atoms with van der Waals surface area (Å²) in [6.07, 6.45) is 3.65. The van der Waals surface area contributed by atoms with Gasteiger partial charge in [-0.2, -0.15) is 0 Å². The molecule has 0 aromatic carbocycles. The van der Waals surface area contributed by atoms with Crippen LogP contribution in [0.4, 0.5) is 0 Å². The number of aliphatic carboxylic acids is 2. The monoisotopic (exact) mass is 462 g/mol. The fourth-order valence-corrected chi connectivity index (χ4v) is 3.65. The molecule has 10 heteroatoms. The Kier molecular flexibility index (Phi) is 14.1. The van der Waals surface area contributed by atoms with Gasteiger partial charge in [-0.25, -0.2) is 4.79 Å². The van der Waals surface area contributed by atoms with Crippen molar-refractivity contribution in [2.75, 3.05) is 0 Å². The second-order valence-corrected chi connectivity index (χ2v) is 8.36. The maximum absolute atomic E-state index is 11.9. The smallest absolute Gasteiger partial charge is 0.335 e. The lowest BCUT2D eigenvalue weighted by molar-refractivity contribution is -0.286. The summed E-state index contributed by atoms with van der Waals surface area (Å²) in [5.41, 5.74) is 0. The van der Waals surface area contributed by atoms with Crippen LogP contribution in [0.25, 0.3) is 0 Å². The highest BCUT2D eigenvalue weighted by Gasteiger charge is 2.48. The Morgan fingerprint density at radius 1 is 0.625 bits per heavy atom. The summed E-state index contributed by atoms with van der Waals surface area (Å²) in [7, 11) is 0. The SMILES string of the molecule is O=C(O)CCCCCCCCCCCCCCC(=O)O[C@@H]1O[C@H](C(=O)O)[C@@H](O)[C@H](O)[C@H]1O. The Hall–Kier alpha value is -1.75. The van der Waals surface area contributed by atoms with E-state index in [9.17, 15) is 29.7 Å². The number of rotatable bonds is 17. The highest BCUT2D eigenvalue weighted by molar-refractivity contribution is 5.73. The molecule has 1 saturated heterocycles. The summed E-state index contributed by atoms with van der Waals surface area (Å²) in [6.45, 7) is 0. The van der Waals surface area contributed by atoms with E-state index in [1.807, 2.05) is 0 Å². The quantitative estimate of drug-likeness (QED) is 0.159. The lowest BCUT2D eigenvalue weighted by atomic mass is 9.99. The van der Waals surface area contributed by atoms with Crippen LogP contribution in [0.2, 0.25) is 0 Å². The fourth-order valence-electron chi connectivity index (χ4n) is 3.65. The molecule has 0 radical (unpaired) electrons. The van der Waals surface area contributed by atoms with E-state index in [1.165, 1.54) is 12.8 Å². The number of ether oxygens (including phenoxy) is 2. The average molecular weight is 463 g/mol. The molecule has 1 fully saturated rings. The van der Waals surface area contributed by atoms with Crippen molar-refractivity contribution in [2.45, 2.75) is 121 Å². The van der Waals surface area contributed by atoms with Crippen molar-refractivity contribution in [3.8, 4) is 0 Å². The van der Waals surface area contributed by atoms with E-state index in [0.717, 1.165) is 57.8 Å². The zero-order valence-corrected chi connectivity index (χ0v) is 18.6. The minimum atomic E-state index is -1.82. The molecular formula is C22H38O10. The van der Waals surface area contributed by atoms with E-state index >= 15 is 0 Å². The summed E-state index contributed by atoms with van der Waals surface area (Å²) < 4.78 is 9.86. The van der Waals surface area contributed by atoms with Crippen LogP contribution in [-0.4, -0.2) is 74.1 Å². The molecule has 0 spiro atoms. The lowest BCUT2D eigenvalue weighted by Gasteiger charge is -2.37. The molecule has 10 nitrogen and oxygen atoms in total. The van der Waals surface area contributed by atoms with Crippen molar-refractivity contribution in [1.29, 1.82) is 0 Å². The third-order valence-corrected chi connectivity index (χ3v) is 5.58. The number of esters is 1.